The number of aromatic nitrogens is 2. The van der Waals surface area contributed by atoms with Crippen molar-refractivity contribution in [3.63, 3.8) is 0 Å². The van der Waals surface area contributed by atoms with E-state index >= 15 is 0 Å². The first-order valence-electron chi connectivity index (χ1n) is 5.46. The fraction of sp³-hybridized carbons (Fsp3) is 0.333. The van der Waals surface area contributed by atoms with Crippen molar-refractivity contribution >= 4 is 12.4 Å². The van der Waals surface area contributed by atoms with Gasteiger partial charge in [-0.05, 0) is 18.4 Å². The van der Waals surface area contributed by atoms with Crippen molar-refractivity contribution < 1.29 is 9.20 Å². The Morgan fingerprint density at radius 2 is 1.94 bits per heavy atom. The number of rotatable bonds is 5. The van der Waals surface area contributed by atoms with Crippen LogP contribution >= 0.6 is 12.4 Å². The van der Waals surface area contributed by atoms with Crippen LogP contribution in [0, 0.1) is 5.41 Å². The largest absolute Gasteiger partial charge is 0.487 e. The first kappa shape index (κ1) is 13.5. The standard InChI is InChI=1S/C12H15N3O.ClH/c13-12-10-15(14-16-12)9-5-4-8-11-6-2-1-3-7-11;/h1-3,6-7,10,13H,4-5,8-9H2;1H. The van der Waals surface area contributed by atoms with Gasteiger partial charge >= 0.3 is 0 Å². The second kappa shape index (κ2) is 6.91. The van der Waals surface area contributed by atoms with Crippen LogP contribution in [0.1, 0.15) is 18.4 Å². The van der Waals surface area contributed by atoms with E-state index in [9.17, 15) is 0 Å². The SMILES string of the molecule is Cl.N=c1c[n+](CCCCc2ccccc2)[n-]o1. The van der Waals surface area contributed by atoms with Crippen LogP contribution in [0.25, 0.3) is 0 Å². The maximum absolute atomic E-state index is 7.18. The van der Waals surface area contributed by atoms with E-state index in [1.165, 1.54) is 5.56 Å². The molecule has 1 heterocycles. The molecule has 0 aliphatic heterocycles. The topological polar surface area (TPSA) is 55.0 Å². The molecule has 0 radical (unpaired) electrons. The fourth-order valence-corrected chi connectivity index (χ4v) is 1.63. The molecule has 0 amide bonds. The zero-order valence-electron chi connectivity index (χ0n) is 9.50. The van der Waals surface area contributed by atoms with E-state index in [4.69, 9.17) is 5.41 Å². The lowest BCUT2D eigenvalue weighted by Crippen LogP contribution is -2.37. The van der Waals surface area contributed by atoms with Gasteiger partial charge < -0.3 is 4.52 Å². The fourth-order valence-electron chi connectivity index (χ4n) is 1.63. The number of nitrogens with one attached hydrogen (secondary N) is 1. The summed E-state index contributed by atoms with van der Waals surface area (Å²) in [6, 6.07) is 10.4. The minimum atomic E-state index is 0. The van der Waals surface area contributed by atoms with Crippen LogP contribution in [0.4, 0.5) is 0 Å². The molecule has 1 aromatic carbocycles. The third-order valence-electron chi connectivity index (χ3n) is 2.46. The lowest BCUT2D eigenvalue weighted by molar-refractivity contribution is -0.767. The average Bonchev–Trinajstić information content (AvgIpc) is 2.72. The summed E-state index contributed by atoms with van der Waals surface area (Å²) in [5, 5.41) is 10.9. The molecule has 2 aromatic rings. The number of nitrogens with zero attached hydrogens (tertiary/aromatic N) is 2. The number of halogens is 1. The molecule has 0 saturated carbocycles. The predicted molar refractivity (Wildman–Crippen MR) is 64.7 cm³/mol. The molecule has 0 bridgehead atoms. The molecular weight excluding hydrogens is 238 g/mol. The second-order valence-electron chi connectivity index (χ2n) is 3.77. The Morgan fingerprint density at radius 3 is 2.59 bits per heavy atom. The molecule has 0 spiro atoms. The molecule has 4 nitrogen and oxygen atoms in total. The monoisotopic (exact) mass is 253 g/mol. The van der Waals surface area contributed by atoms with Crippen molar-refractivity contribution in [2.24, 2.45) is 0 Å². The van der Waals surface area contributed by atoms with Gasteiger partial charge in [0.1, 0.15) is 6.54 Å². The summed E-state index contributed by atoms with van der Waals surface area (Å²) in [5.41, 5.74) is 1.48. The molecule has 5 heteroatoms. The Balaban J connectivity index is 0.00000144. The second-order valence-corrected chi connectivity index (χ2v) is 3.77. The molecule has 0 aliphatic carbocycles. The predicted octanol–water partition coefficient (Wildman–Crippen LogP) is 1.45. The van der Waals surface area contributed by atoms with Gasteiger partial charge in [-0.2, -0.15) is 0 Å². The van der Waals surface area contributed by atoms with Crippen LogP contribution in [0.3, 0.4) is 0 Å². The zero-order valence-corrected chi connectivity index (χ0v) is 10.3. The van der Waals surface area contributed by atoms with E-state index in [-0.39, 0.29) is 18.0 Å². The van der Waals surface area contributed by atoms with Crippen molar-refractivity contribution in [1.29, 1.82) is 5.41 Å². The summed E-state index contributed by atoms with van der Waals surface area (Å²) < 4.78 is 6.33. The first-order chi connectivity index (χ1) is 7.84. The molecule has 0 atom stereocenters. The van der Waals surface area contributed by atoms with Gasteiger partial charge in [0.15, 0.2) is 0 Å². The minimum Gasteiger partial charge on any atom is -0.487 e. The molecule has 0 fully saturated rings. The number of hydrogen-bond acceptors (Lipinski definition) is 2. The van der Waals surface area contributed by atoms with Crippen LogP contribution in [-0.2, 0) is 13.0 Å². The van der Waals surface area contributed by atoms with Gasteiger partial charge in [0.25, 0.3) is 5.55 Å². The summed E-state index contributed by atoms with van der Waals surface area (Å²) in [6.45, 7) is 0.815. The van der Waals surface area contributed by atoms with E-state index in [2.05, 4.69) is 34.1 Å². The molecule has 17 heavy (non-hydrogen) atoms. The van der Waals surface area contributed by atoms with E-state index in [1.807, 2.05) is 6.07 Å². The quantitative estimate of drug-likeness (QED) is 0.648. The number of aryl methyl sites for hydroxylation is 2. The lowest BCUT2D eigenvalue weighted by atomic mass is 10.1. The number of benzene rings is 1. The van der Waals surface area contributed by atoms with E-state index < -0.39 is 0 Å². The molecule has 1 aromatic heterocycles. The summed E-state index contributed by atoms with van der Waals surface area (Å²) in [6.07, 6.45) is 4.86. The number of unbranched alkanes of at least 4 members (excludes halogenated alkanes) is 1. The third kappa shape index (κ3) is 4.44. The molecule has 2 rings (SSSR count). The van der Waals surface area contributed by atoms with Crippen LogP contribution in [0.15, 0.2) is 41.1 Å². The third-order valence-corrected chi connectivity index (χ3v) is 2.46. The van der Waals surface area contributed by atoms with E-state index in [0.717, 1.165) is 25.8 Å². The molecule has 1 N–H and O–H groups in total. The van der Waals surface area contributed by atoms with Gasteiger partial charge in [-0.25, -0.2) is 4.68 Å². The van der Waals surface area contributed by atoms with Gasteiger partial charge in [-0.15, -0.1) is 12.4 Å². The molecule has 0 aliphatic rings. The van der Waals surface area contributed by atoms with Crippen molar-refractivity contribution in [2.75, 3.05) is 0 Å². The summed E-state index contributed by atoms with van der Waals surface area (Å²) in [7, 11) is 0. The van der Waals surface area contributed by atoms with Gasteiger partial charge in [0.2, 0.25) is 6.20 Å². The highest BCUT2D eigenvalue weighted by Crippen LogP contribution is 2.03. The van der Waals surface area contributed by atoms with Crippen molar-refractivity contribution in [1.82, 2.24) is 5.27 Å². The number of hydrogen-bond donors (Lipinski definition) is 1. The van der Waals surface area contributed by atoms with Gasteiger partial charge in [-0.3, -0.25) is 10.7 Å². The zero-order chi connectivity index (χ0) is 11.2. The first-order valence-corrected chi connectivity index (χ1v) is 5.46. The summed E-state index contributed by atoms with van der Waals surface area (Å²) >= 11 is 0. The Bertz CT molecular complexity index is 478. The lowest BCUT2D eigenvalue weighted by Gasteiger charge is -2.00. The Kier molecular flexibility index (Phi) is 5.49. The Labute approximate surface area is 106 Å². The van der Waals surface area contributed by atoms with Crippen LogP contribution in [0.5, 0.6) is 0 Å². The van der Waals surface area contributed by atoms with Crippen molar-refractivity contribution in [2.45, 2.75) is 25.8 Å². The Morgan fingerprint density at radius 1 is 1.18 bits per heavy atom. The van der Waals surface area contributed by atoms with Gasteiger partial charge in [-0.1, -0.05) is 30.3 Å². The highest BCUT2D eigenvalue weighted by molar-refractivity contribution is 5.85. The highest BCUT2D eigenvalue weighted by atomic mass is 35.5. The van der Waals surface area contributed by atoms with Crippen LogP contribution in [0.2, 0.25) is 0 Å². The Hall–Kier alpha value is -1.55. The molecular formula is C12H16ClN3O. The van der Waals surface area contributed by atoms with E-state index in [0.29, 0.717) is 0 Å². The molecule has 0 unspecified atom stereocenters. The normalized spacial score (nSPS) is 9.88. The van der Waals surface area contributed by atoms with Crippen LogP contribution < -0.4 is 15.5 Å². The van der Waals surface area contributed by atoms with Gasteiger partial charge in [0.05, 0.1) is 0 Å². The molecule has 0 saturated heterocycles. The highest BCUT2D eigenvalue weighted by Gasteiger charge is 1.97. The van der Waals surface area contributed by atoms with Crippen molar-refractivity contribution in [3.05, 3.63) is 47.6 Å². The maximum atomic E-state index is 7.18. The van der Waals surface area contributed by atoms with E-state index in [1.54, 1.807) is 10.9 Å². The average molecular weight is 254 g/mol. The summed E-state index contributed by atoms with van der Waals surface area (Å²) in [4.78, 5) is 0. The minimum absolute atomic E-state index is 0. The smallest absolute Gasteiger partial charge is 0.264 e. The van der Waals surface area contributed by atoms with Gasteiger partial charge in [0, 0.05) is 6.42 Å². The molecule has 92 valence electrons. The van der Waals surface area contributed by atoms with Crippen molar-refractivity contribution in [3.8, 4) is 0 Å². The maximum Gasteiger partial charge on any atom is 0.264 e. The summed E-state index contributed by atoms with van der Waals surface area (Å²) in [5.74, 6) is 0. The van der Waals surface area contributed by atoms with Crippen LogP contribution in [-0.4, -0.2) is 0 Å².